The zero-order valence-corrected chi connectivity index (χ0v) is 10.2. The molecule has 2 atom stereocenters. The van der Waals surface area contributed by atoms with Crippen LogP contribution < -0.4 is 5.32 Å². The number of hydrogen-bond donors (Lipinski definition) is 1. The summed E-state index contributed by atoms with van der Waals surface area (Å²) >= 11 is 0. The molecule has 1 N–H and O–H groups in total. The average molecular weight is 238 g/mol. The van der Waals surface area contributed by atoms with Crippen molar-refractivity contribution in [3.05, 3.63) is 29.8 Å². The molecule has 1 aromatic rings. The predicted molar refractivity (Wildman–Crippen MR) is 64.2 cm³/mol. The summed E-state index contributed by atoms with van der Waals surface area (Å²) in [6, 6.07) is 1.74. The van der Waals surface area contributed by atoms with Crippen molar-refractivity contribution in [3.8, 4) is 0 Å². The van der Waals surface area contributed by atoms with Crippen LogP contribution in [0.1, 0.15) is 37.3 Å². The Bertz CT molecular complexity index is 353. The maximum Gasteiger partial charge on any atom is 0.146 e. The molecule has 0 amide bonds. The number of nitrogens with one attached hydrogen (secondary N) is 1. The number of hydrogen-bond acceptors (Lipinski definition) is 3. The zero-order chi connectivity index (χ0) is 12.1. The summed E-state index contributed by atoms with van der Waals surface area (Å²) < 4.78 is 19.3. The Balaban J connectivity index is 2.03. The van der Waals surface area contributed by atoms with Crippen LogP contribution in [-0.2, 0) is 4.74 Å². The zero-order valence-electron chi connectivity index (χ0n) is 10.2. The summed E-state index contributed by atoms with van der Waals surface area (Å²) in [5, 5.41) is 3.16. The van der Waals surface area contributed by atoms with E-state index >= 15 is 0 Å². The van der Waals surface area contributed by atoms with E-state index in [0.717, 1.165) is 25.9 Å². The highest BCUT2D eigenvalue weighted by Crippen LogP contribution is 2.25. The topological polar surface area (TPSA) is 34.1 Å². The van der Waals surface area contributed by atoms with Gasteiger partial charge >= 0.3 is 0 Å². The first-order chi connectivity index (χ1) is 8.31. The molecule has 1 aliphatic rings. The second-order valence-corrected chi connectivity index (χ2v) is 4.46. The Morgan fingerprint density at radius 2 is 2.47 bits per heavy atom. The Labute approximate surface area is 101 Å². The van der Waals surface area contributed by atoms with Crippen LogP contribution in [0.25, 0.3) is 0 Å². The Kier molecular flexibility index (Phi) is 4.45. The summed E-state index contributed by atoms with van der Waals surface area (Å²) in [6.07, 6.45) is 7.38. The molecule has 2 unspecified atom stereocenters. The monoisotopic (exact) mass is 238 g/mol. The van der Waals surface area contributed by atoms with E-state index < -0.39 is 0 Å². The van der Waals surface area contributed by atoms with Crippen LogP contribution in [-0.4, -0.2) is 24.7 Å². The molecule has 0 aliphatic carbocycles. The number of rotatable bonds is 4. The van der Waals surface area contributed by atoms with Crippen molar-refractivity contribution in [1.29, 1.82) is 0 Å². The van der Waals surface area contributed by atoms with Crippen LogP contribution in [0.5, 0.6) is 0 Å². The summed E-state index contributed by atoms with van der Waals surface area (Å²) in [5.41, 5.74) is 0.677. The quantitative estimate of drug-likeness (QED) is 0.874. The average Bonchev–Trinajstić information content (AvgIpc) is 2.38. The fraction of sp³-hybridized carbons (Fsp3) is 0.615. The van der Waals surface area contributed by atoms with E-state index in [1.807, 2.05) is 7.05 Å². The molecule has 1 fully saturated rings. The van der Waals surface area contributed by atoms with Crippen molar-refractivity contribution in [3.63, 3.8) is 0 Å². The molecule has 0 spiro atoms. The van der Waals surface area contributed by atoms with Crippen molar-refractivity contribution >= 4 is 0 Å². The fourth-order valence-corrected chi connectivity index (χ4v) is 2.33. The maximum atomic E-state index is 13.6. The Morgan fingerprint density at radius 3 is 3.12 bits per heavy atom. The highest BCUT2D eigenvalue weighted by molar-refractivity contribution is 5.17. The first kappa shape index (κ1) is 12.5. The molecule has 1 aliphatic heterocycles. The van der Waals surface area contributed by atoms with E-state index in [-0.39, 0.29) is 18.0 Å². The van der Waals surface area contributed by atoms with Crippen LogP contribution >= 0.6 is 0 Å². The van der Waals surface area contributed by atoms with Crippen molar-refractivity contribution in [2.75, 3.05) is 13.7 Å². The summed E-state index contributed by atoms with van der Waals surface area (Å²) in [6.45, 7) is 0.833. The van der Waals surface area contributed by atoms with E-state index in [1.54, 1.807) is 12.3 Å². The lowest BCUT2D eigenvalue weighted by atomic mass is 9.97. The van der Waals surface area contributed by atoms with Gasteiger partial charge in [0.1, 0.15) is 5.82 Å². The minimum Gasteiger partial charge on any atom is -0.378 e. The van der Waals surface area contributed by atoms with Gasteiger partial charge in [-0.15, -0.1) is 0 Å². The first-order valence-electron chi connectivity index (χ1n) is 6.19. The lowest BCUT2D eigenvalue weighted by molar-refractivity contribution is 0.00529. The molecule has 0 saturated carbocycles. The van der Waals surface area contributed by atoms with Gasteiger partial charge in [-0.05, 0) is 38.8 Å². The molecule has 17 heavy (non-hydrogen) atoms. The highest BCUT2D eigenvalue weighted by atomic mass is 19.1. The maximum absolute atomic E-state index is 13.6. The molecule has 3 nitrogen and oxygen atoms in total. The van der Waals surface area contributed by atoms with E-state index in [0.29, 0.717) is 5.56 Å². The van der Waals surface area contributed by atoms with Crippen LogP contribution in [0.4, 0.5) is 4.39 Å². The highest BCUT2D eigenvalue weighted by Gasteiger charge is 2.21. The fourth-order valence-electron chi connectivity index (χ4n) is 2.33. The number of nitrogens with zero attached hydrogens (tertiary/aromatic N) is 1. The van der Waals surface area contributed by atoms with Crippen LogP contribution in [0.2, 0.25) is 0 Å². The molecule has 1 saturated heterocycles. The minimum atomic E-state index is -0.248. The van der Waals surface area contributed by atoms with Crippen molar-refractivity contribution < 1.29 is 9.13 Å². The SMILES string of the molecule is CNC(CC1CCCCO1)c1ccncc1F. The lowest BCUT2D eigenvalue weighted by Gasteiger charge is -2.27. The molecular formula is C13H19FN2O. The van der Waals surface area contributed by atoms with Gasteiger partial charge in [-0.1, -0.05) is 0 Å². The van der Waals surface area contributed by atoms with Gasteiger partial charge in [-0.3, -0.25) is 4.98 Å². The molecule has 0 radical (unpaired) electrons. The first-order valence-corrected chi connectivity index (χ1v) is 6.19. The van der Waals surface area contributed by atoms with Gasteiger partial charge in [0.2, 0.25) is 0 Å². The molecule has 0 aromatic carbocycles. The van der Waals surface area contributed by atoms with Gasteiger partial charge in [-0.25, -0.2) is 4.39 Å². The van der Waals surface area contributed by atoms with E-state index in [2.05, 4.69) is 10.3 Å². The minimum absolute atomic E-state index is 0.00102. The van der Waals surface area contributed by atoms with E-state index in [1.165, 1.54) is 12.6 Å². The van der Waals surface area contributed by atoms with Crippen LogP contribution in [0.15, 0.2) is 18.5 Å². The van der Waals surface area contributed by atoms with E-state index in [9.17, 15) is 4.39 Å². The standard InChI is InChI=1S/C13H19FN2O/c1-15-13(8-10-4-2-3-7-17-10)11-5-6-16-9-12(11)14/h5-6,9-10,13,15H,2-4,7-8H2,1H3. The predicted octanol–water partition coefficient (Wildman–Crippen LogP) is 2.44. The molecule has 2 rings (SSSR count). The molecule has 1 aromatic heterocycles. The van der Waals surface area contributed by atoms with Gasteiger partial charge in [0.25, 0.3) is 0 Å². The number of pyridine rings is 1. The third-order valence-electron chi connectivity index (χ3n) is 3.30. The number of halogens is 1. The summed E-state index contributed by atoms with van der Waals surface area (Å²) in [5.74, 6) is -0.248. The smallest absolute Gasteiger partial charge is 0.146 e. The second kappa shape index (κ2) is 6.07. The van der Waals surface area contributed by atoms with Crippen molar-refractivity contribution in [2.24, 2.45) is 0 Å². The molecule has 2 heterocycles. The Morgan fingerprint density at radius 1 is 1.59 bits per heavy atom. The molecule has 94 valence electrons. The molecule has 4 heteroatoms. The van der Waals surface area contributed by atoms with Gasteiger partial charge in [-0.2, -0.15) is 0 Å². The largest absolute Gasteiger partial charge is 0.378 e. The van der Waals surface area contributed by atoms with Gasteiger partial charge < -0.3 is 10.1 Å². The second-order valence-electron chi connectivity index (χ2n) is 4.46. The van der Waals surface area contributed by atoms with Crippen molar-refractivity contribution in [2.45, 2.75) is 37.8 Å². The van der Waals surface area contributed by atoms with Gasteiger partial charge in [0, 0.05) is 24.4 Å². The third kappa shape index (κ3) is 3.23. The lowest BCUT2D eigenvalue weighted by Crippen LogP contribution is -2.27. The van der Waals surface area contributed by atoms with Crippen molar-refractivity contribution in [1.82, 2.24) is 10.3 Å². The number of ether oxygens (including phenoxy) is 1. The third-order valence-corrected chi connectivity index (χ3v) is 3.30. The summed E-state index contributed by atoms with van der Waals surface area (Å²) in [7, 11) is 1.85. The number of aromatic nitrogens is 1. The Hall–Kier alpha value is -1.00. The summed E-state index contributed by atoms with van der Waals surface area (Å²) in [4.78, 5) is 3.77. The van der Waals surface area contributed by atoms with Crippen LogP contribution in [0, 0.1) is 5.82 Å². The molecule has 0 bridgehead atoms. The van der Waals surface area contributed by atoms with Crippen LogP contribution in [0.3, 0.4) is 0 Å². The normalized spacial score (nSPS) is 22.4. The van der Waals surface area contributed by atoms with E-state index in [4.69, 9.17) is 4.74 Å². The van der Waals surface area contributed by atoms with Gasteiger partial charge in [0.15, 0.2) is 0 Å². The van der Waals surface area contributed by atoms with Gasteiger partial charge in [0.05, 0.1) is 12.3 Å². The molecular weight excluding hydrogens is 219 g/mol.